The molecular weight excluding hydrogens is 497 g/mol. The van der Waals surface area contributed by atoms with Crippen LogP contribution in [0.25, 0.3) is 0 Å². The molecule has 0 radical (unpaired) electrons. The third-order valence-corrected chi connectivity index (χ3v) is 4.34. The highest BCUT2D eigenvalue weighted by Crippen LogP contribution is 2.49. The SMILES string of the molecule is O=[N+]([O-])c1cc(C(F)(F)F)c(Cl)c([N+](=O)[O-])c1Nc1nc(Cl)c(C(F)(F)F)cc1Cl. The predicted molar refractivity (Wildman–Crippen MR) is 92.3 cm³/mol. The standard InChI is InChI=1S/C13H3Cl3F6N4O4/c14-5-1-4(13(20,21)22)10(16)24-11(5)23-8-6(25(27)28)2-3(12(17,18)19)7(15)9(8)26(29)30/h1-2H,(H,23,24). The van der Waals surface area contributed by atoms with Gasteiger partial charge in [-0.25, -0.2) is 4.98 Å². The van der Waals surface area contributed by atoms with Crippen molar-refractivity contribution in [2.24, 2.45) is 0 Å². The summed E-state index contributed by atoms with van der Waals surface area (Å²) in [5.41, 5.74) is -7.61. The predicted octanol–water partition coefficient (Wildman–Crippen LogP) is 6.64. The van der Waals surface area contributed by atoms with Gasteiger partial charge in [-0.15, -0.1) is 0 Å². The van der Waals surface area contributed by atoms with Gasteiger partial charge in [0.15, 0.2) is 11.5 Å². The van der Waals surface area contributed by atoms with Crippen molar-refractivity contribution in [3.63, 3.8) is 0 Å². The molecule has 17 heteroatoms. The molecule has 1 aromatic heterocycles. The molecule has 0 fully saturated rings. The first-order valence-electron chi connectivity index (χ1n) is 6.98. The molecule has 0 aliphatic heterocycles. The number of nitro benzene ring substituents is 2. The molecule has 0 saturated heterocycles. The lowest BCUT2D eigenvalue weighted by molar-refractivity contribution is -0.392. The van der Waals surface area contributed by atoms with Gasteiger partial charge in [0.2, 0.25) is 0 Å². The minimum absolute atomic E-state index is 0.0860. The first-order chi connectivity index (χ1) is 13.6. The summed E-state index contributed by atoms with van der Waals surface area (Å²) in [6, 6.07) is 0.180. The van der Waals surface area contributed by atoms with Gasteiger partial charge in [0, 0.05) is 6.07 Å². The Morgan fingerprint density at radius 1 is 0.900 bits per heavy atom. The van der Waals surface area contributed by atoms with Crippen LogP contribution >= 0.6 is 34.8 Å². The average Bonchev–Trinajstić information content (AvgIpc) is 2.55. The Morgan fingerprint density at radius 2 is 1.43 bits per heavy atom. The fourth-order valence-corrected chi connectivity index (χ4v) is 2.92. The lowest BCUT2D eigenvalue weighted by Crippen LogP contribution is -2.12. The highest BCUT2D eigenvalue weighted by molar-refractivity contribution is 6.35. The molecule has 2 aromatic rings. The maximum absolute atomic E-state index is 13.1. The number of alkyl halides is 6. The molecule has 2 rings (SSSR count). The molecule has 0 atom stereocenters. The van der Waals surface area contributed by atoms with E-state index in [0.717, 1.165) is 0 Å². The third kappa shape index (κ3) is 4.60. The molecule has 0 aliphatic rings. The molecule has 0 spiro atoms. The van der Waals surface area contributed by atoms with Crippen LogP contribution in [-0.2, 0) is 12.4 Å². The monoisotopic (exact) mass is 498 g/mol. The Labute approximate surface area is 175 Å². The maximum Gasteiger partial charge on any atom is 0.419 e. The van der Waals surface area contributed by atoms with Crippen LogP contribution in [0.4, 0.5) is 49.2 Å². The molecule has 0 bridgehead atoms. The Kier molecular flexibility index (Phi) is 6.26. The van der Waals surface area contributed by atoms with Crippen molar-refractivity contribution in [2.45, 2.75) is 12.4 Å². The second-order valence-electron chi connectivity index (χ2n) is 5.27. The van der Waals surface area contributed by atoms with E-state index < -0.39 is 71.4 Å². The van der Waals surface area contributed by atoms with E-state index in [2.05, 4.69) is 4.98 Å². The highest BCUT2D eigenvalue weighted by Gasteiger charge is 2.42. The van der Waals surface area contributed by atoms with Gasteiger partial charge in [-0.3, -0.25) is 20.2 Å². The smallest absolute Gasteiger partial charge is 0.328 e. The molecule has 0 saturated carbocycles. The van der Waals surface area contributed by atoms with Crippen molar-refractivity contribution in [3.05, 3.63) is 58.7 Å². The summed E-state index contributed by atoms with van der Waals surface area (Å²) in [6.45, 7) is 0. The lowest BCUT2D eigenvalue weighted by atomic mass is 10.1. The van der Waals surface area contributed by atoms with E-state index in [4.69, 9.17) is 34.8 Å². The van der Waals surface area contributed by atoms with E-state index in [9.17, 15) is 46.6 Å². The van der Waals surface area contributed by atoms with Gasteiger partial charge in [-0.05, 0) is 6.07 Å². The first kappa shape index (κ1) is 23.7. The van der Waals surface area contributed by atoms with Gasteiger partial charge in [-0.2, -0.15) is 26.3 Å². The fraction of sp³-hybridized carbons (Fsp3) is 0.154. The zero-order valence-electron chi connectivity index (χ0n) is 13.5. The number of hydrogen-bond acceptors (Lipinski definition) is 6. The number of hydrogen-bond donors (Lipinski definition) is 1. The zero-order chi connectivity index (χ0) is 23.2. The number of nitrogens with one attached hydrogen (secondary N) is 1. The number of nitrogens with zero attached hydrogens (tertiary/aromatic N) is 3. The minimum atomic E-state index is -5.29. The van der Waals surface area contributed by atoms with E-state index >= 15 is 0 Å². The van der Waals surface area contributed by atoms with E-state index in [1.54, 1.807) is 0 Å². The number of halogens is 9. The summed E-state index contributed by atoms with van der Waals surface area (Å²) in [5.74, 6) is -0.836. The third-order valence-electron chi connectivity index (χ3n) is 3.38. The lowest BCUT2D eigenvalue weighted by Gasteiger charge is -2.15. The Bertz CT molecular complexity index is 1060. The van der Waals surface area contributed by atoms with Crippen LogP contribution in [-0.4, -0.2) is 14.8 Å². The van der Waals surface area contributed by atoms with Crippen LogP contribution < -0.4 is 5.32 Å². The number of benzene rings is 1. The average molecular weight is 500 g/mol. The van der Waals surface area contributed by atoms with E-state index in [1.165, 1.54) is 0 Å². The number of rotatable bonds is 4. The summed E-state index contributed by atoms with van der Waals surface area (Å²) >= 11 is 16.5. The van der Waals surface area contributed by atoms with Crippen molar-refractivity contribution in [1.82, 2.24) is 4.98 Å². The van der Waals surface area contributed by atoms with Crippen molar-refractivity contribution < 1.29 is 36.2 Å². The van der Waals surface area contributed by atoms with Gasteiger partial charge in [-0.1, -0.05) is 34.8 Å². The molecule has 8 nitrogen and oxygen atoms in total. The molecule has 0 unspecified atom stereocenters. The summed E-state index contributed by atoms with van der Waals surface area (Å²) in [5, 5.41) is 20.9. The normalized spacial score (nSPS) is 12.0. The molecule has 0 amide bonds. The maximum atomic E-state index is 13.1. The van der Waals surface area contributed by atoms with E-state index in [-0.39, 0.29) is 12.1 Å². The molecule has 1 heterocycles. The quantitative estimate of drug-likeness (QED) is 0.218. The molecule has 162 valence electrons. The zero-order valence-corrected chi connectivity index (χ0v) is 15.8. The molecule has 30 heavy (non-hydrogen) atoms. The van der Waals surface area contributed by atoms with Crippen LogP contribution in [0.15, 0.2) is 12.1 Å². The minimum Gasteiger partial charge on any atom is -0.328 e. The second-order valence-corrected chi connectivity index (χ2v) is 6.42. The van der Waals surface area contributed by atoms with Crippen LogP contribution in [0.1, 0.15) is 11.1 Å². The van der Waals surface area contributed by atoms with E-state index in [0.29, 0.717) is 0 Å². The summed E-state index contributed by atoms with van der Waals surface area (Å²) in [7, 11) is 0. The first-order valence-corrected chi connectivity index (χ1v) is 8.11. The van der Waals surface area contributed by atoms with Crippen LogP contribution in [0.5, 0.6) is 0 Å². The van der Waals surface area contributed by atoms with Crippen molar-refractivity contribution >= 4 is 57.7 Å². The van der Waals surface area contributed by atoms with Crippen LogP contribution in [0, 0.1) is 20.2 Å². The van der Waals surface area contributed by atoms with Gasteiger partial charge in [0.25, 0.3) is 0 Å². The van der Waals surface area contributed by atoms with Crippen LogP contribution in [0.3, 0.4) is 0 Å². The largest absolute Gasteiger partial charge is 0.419 e. The summed E-state index contributed by atoms with van der Waals surface area (Å²) in [4.78, 5) is 22.9. The molecule has 0 aliphatic carbocycles. The number of aromatic nitrogens is 1. The molecular formula is C13H3Cl3F6N4O4. The summed E-state index contributed by atoms with van der Waals surface area (Å²) < 4.78 is 77.7. The molecule has 1 N–H and O–H groups in total. The van der Waals surface area contributed by atoms with Crippen LogP contribution in [0.2, 0.25) is 15.2 Å². The molecule has 1 aromatic carbocycles. The topological polar surface area (TPSA) is 111 Å². The van der Waals surface area contributed by atoms with Gasteiger partial charge in [0.1, 0.15) is 10.2 Å². The Morgan fingerprint density at radius 3 is 1.87 bits per heavy atom. The van der Waals surface area contributed by atoms with Gasteiger partial charge >= 0.3 is 23.7 Å². The fourth-order valence-electron chi connectivity index (χ4n) is 2.15. The Hall–Kier alpha value is -2.58. The van der Waals surface area contributed by atoms with Gasteiger partial charge in [0.05, 0.1) is 26.0 Å². The van der Waals surface area contributed by atoms with E-state index in [1.807, 2.05) is 5.32 Å². The number of nitro groups is 2. The van der Waals surface area contributed by atoms with Crippen molar-refractivity contribution in [3.8, 4) is 0 Å². The Balaban J connectivity index is 2.80. The second kappa shape index (κ2) is 7.92. The van der Waals surface area contributed by atoms with Crippen molar-refractivity contribution in [1.29, 1.82) is 0 Å². The summed E-state index contributed by atoms with van der Waals surface area (Å²) in [6.07, 6.45) is -10.3. The number of anilines is 2. The van der Waals surface area contributed by atoms with Gasteiger partial charge < -0.3 is 5.32 Å². The highest BCUT2D eigenvalue weighted by atomic mass is 35.5. The number of pyridine rings is 1. The van der Waals surface area contributed by atoms with Crippen molar-refractivity contribution in [2.75, 3.05) is 5.32 Å².